The third-order valence-corrected chi connectivity index (χ3v) is 6.71. The van der Waals surface area contributed by atoms with Gasteiger partial charge in [-0.15, -0.1) is 20.4 Å². The van der Waals surface area contributed by atoms with Gasteiger partial charge in [-0.1, -0.05) is 23.9 Å². The molecule has 0 N–H and O–H groups in total. The summed E-state index contributed by atoms with van der Waals surface area (Å²) in [7, 11) is 0. The van der Waals surface area contributed by atoms with E-state index in [9.17, 15) is 4.79 Å². The topological polar surface area (TPSA) is 105 Å². The fourth-order valence-corrected chi connectivity index (χ4v) is 4.98. The Morgan fingerprint density at radius 2 is 1.80 bits per heavy atom. The molecule has 11 heteroatoms. The minimum absolute atomic E-state index is 0.0572. The molecule has 5 aromatic rings. The lowest BCUT2D eigenvalue weighted by Crippen LogP contribution is -2.22. The van der Waals surface area contributed by atoms with Crippen molar-refractivity contribution < 1.29 is 4.74 Å². The van der Waals surface area contributed by atoms with E-state index in [1.54, 1.807) is 28.7 Å². The lowest BCUT2D eigenvalue weighted by molar-refractivity contribution is 0.141. The number of aryl methyl sites for hydroxylation is 1. The Kier molecular flexibility index (Phi) is 6.87. The van der Waals surface area contributed by atoms with Crippen LogP contribution in [0, 0.1) is 0 Å². The molecule has 0 amide bonds. The molecule has 0 aliphatic rings. The molecule has 0 aliphatic carbocycles. The fraction of sp³-hybridized carbons (Fsp3) is 0.333. The van der Waals surface area contributed by atoms with Gasteiger partial charge in [0, 0.05) is 44.3 Å². The summed E-state index contributed by atoms with van der Waals surface area (Å²) >= 11 is 1.55. The highest BCUT2D eigenvalue weighted by Crippen LogP contribution is 2.27. The Morgan fingerprint density at radius 3 is 2.60 bits per heavy atom. The molecule has 0 saturated heterocycles. The van der Waals surface area contributed by atoms with Crippen LogP contribution in [0.2, 0.25) is 0 Å². The number of hydrogen-bond acceptors (Lipinski definition) is 8. The molecule has 180 valence electrons. The van der Waals surface area contributed by atoms with Gasteiger partial charge in [-0.2, -0.15) is 0 Å². The normalized spacial score (nSPS) is 11.6. The van der Waals surface area contributed by atoms with Gasteiger partial charge in [-0.3, -0.25) is 18.7 Å². The highest BCUT2D eigenvalue weighted by molar-refractivity contribution is 7.98. The first kappa shape index (κ1) is 23.2. The van der Waals surface area contributed by atoms with Crippen LogP contribution in [0.3, 0.4) is 0 Å². The summed E-state index contributed by atoms with van der Waals surface area (Å²) in [5.41, 5.74) is 1.70. The molecule has 0 saturated carbocycles. The molecular weight excluding hydrogens is 464 g/mol. The Morgan fingerprint density at radius 1 is 0.971 bits per heavy atom. The average Bonchev–Trinajstić information content (AvgIpc) is 3.50. The predicted molar refractivity (Wildman–Crippen MR) is 134 cm³/mol. The zero-order valence-corrected chi connectivity index (χ0v) is 20.5. The highest BCUT2D eigenvalue weighted by Gasteiger charge is 2.18. The van der Waals surface area contributed by atoms with Crippen molar-refractivity contribution in [3.05, 3.63) is 65.0 Å². The molecule has 4 aromatic heterocycles. The largest absolute Gasteiger partial charge is 0.382 e. The van der Waals surface area contributed by atoms with Gasteiger partial charge < -0.3 is 9.30 Å². The number of rotatable bonds is 10. The van der Waals surface area contributed by atoms with Crippen LogP contribution in [0.15, 0.2) is 58.7 Å². The summed E-state index contributed by atoms with van der Waals surface area (Å²) < 4.78 is 11.3. The van der Waals surface area contributed by atoms with Crippen LogP contribution in [0.25, 0.3) is 28.1 Å². The van der Waals surface area contributed by atoms with Crippen molar-refractivity contribution in [1.29, 1.82) is 0 Å². The molecule has 0 aliphatic heterocycles. The van der Waals surface area contributed by atoms with E-state index < -0.39 is 0 Å². The van der Waals surface area contributed by atoms with Crippen LogP contribution >= 0.6 is 11.8 Å². The molecular formula is C24H26N8O2S. The van der Waals surface area contributed by atoms with Crippen LogP contribution in [-0.2, 0) is 23.6 Å². The standard InChI is InChI=1S/C24H26N8O2S/c1-3-30-22(33)18-8-5-6-9-19(18)32-20(26-28-23(30)32)16-35-24-29-27-21(17-10-12-25-13-11-17)31(24)14-7-15-34-4-2/h5-6,8-13H,3-4,7,14-16H2,1-2H3. The van der Waals surface area contributed by atoms with Gasteiger partial charge in [-0.05, 0) is 44.5 Å². The Bertz CT molecular complexity index is 1510. The minimum Gasteiger partial charge on any atom is -0.382 e. The molecule has 10 nitrogen and oxygen atoms in total. The second kappa shape index (κ2) is 10.4. The van der Waals surface area contributed by atoms with Crippen molar-refractivity contribution in [3.63, 3.8) is 0 Å². The monoisotopic (exact) mass is 490 g/mol. The summed E-state index contributed by atoms with van der Waals surface area (Å²) in [5, 5.41) is 19.2. The van der Waals surface area contributed by atoms with Crippen LogP contribution < -0.4 is 5.56 Å². The molecule has 1 aromatic carbocycles. The summed E-state index contributed by atoms with van der Waals surface area (Å²) in [6, 6.07) is 11.4. The molecule has 4 heterocycles. The average molecular weight is 491 g/mol. The molecule has 0 atom stereocenters. The van der Waals surface area contributed by atoms with Gasteiger partial charge in [-0.25, -0.2) is 0 Å². The van der Waals surface area contributed by atoms with Gasteiger partial charge in [0.2, 0.25) is 5.78 Å². The van der Waals surface area contributed by atoms with E-state index in [0.29, 0.717) is 36.7 Å². The smallest absolute Gasteiger partial charge is 0.262 e. The number of ether oxygens (including phenoxy) is 1. The van der Waals surface area contributed by atoms with E-state index >= 15 is 0 Å². The number of fused-ring (bicyclic) bond motifs is 3. The number of pyridine rings is 1. The lowest BCUT2D eigenvalue weighted by atomic mass is 10.2. The molecule has 0 fully saturated rings. The number of thioether (sulfide) groups is 1. The van der Waals surface area contributed by atoms with E-state index in [-0.39, 0.29) is 5.56 Å². The van der Waals surface area contributed by atoms with E-state index in [4.69, 9.17) is 4.74 Å². The second-order valence-electron chi connectivity index (χ2n) is 7.85. The first-order chi connectivity index (χ1) is 17.2. The van der Waals surface area contributed by atoms with Gasteiger partial charge in [0.05, 0.1) is 16.7 Å². The third-order valence-electron chi connectivity index (χ3n) is 5.75. The van der Waals surface area contributed by atoms with E-state index in [0.717, 1.165) is 40.9 Å². The van der Waals surface area contributed by atoms with Gasteiger partial charge >= 0.3 is 0 Å². The summed E-state index contributed by atoms with van der Waals surface area (Å²) in [6.45, 7) is 6.53. The van der Waals surface area contributed by atoms with Gasteiger partial charge in [0.15, 0.2) is 11.0 Å². The quantitative estimate of drug-likeness (QED) is 0.217. The van der Waals surface area contributed by atoms with Crippen molar-refractivity contribution in [1.82, 2.24) is 38.9 Å². The molecule has 35 heavy (non-hydrogen) atoms. The summed E-state index contributed by atoms with van der Waals surface area (Å²) in [4.78, 5) is 17.0. The first-order valence-corrected chi connectivity index (χ1v) is 12.6. The summed E-state index contributed by atoms with van der Waals surface area (Å²) in [6.07, 6.45) is 4.35. The van der Waals surface area contributed by atoms with Crippen molar-refractivity contribution in [2.24, 2.45) is 0 Å². The van der Waals surface area contributed by atoms with Crippen molar-refractivity contribution in [3.8, 4) is 11.4 Å². The molecule has 0 radical (unpaired) electrons. The number of hydrogen-bond donors (Lipinski definition) is 0. The molecule has 0 bridgehead atoms. The number of nitrogens with zero attached hydrogens (tertiary/aromatic N) is 8. The van der Waals surface area contributed by atoms with Crippen LogP contribution in [-0.4, -0.2) is 52.1 Å². The van der Waals surface area contributed by atoms with E-state index in [1.807, 2.05) is 54.6 Å². The SMILES string of the molecule is CCOCCCn1c(SCc2nnc3n(CC)c(=O)c4ccccc4n23)nnc1-c1ccncc1. The first-order valence-electron chi connectivity index (χ1n) is 11.6. The lowest BCUT2D eigenvalue weighted by Gasteiger charge is -2.11. The van der Waals surface area contributed by atoms with Crippen LogP contribution in [0.5, 0.6) is 0 Å². The minimum atomic E-state index is -0.0572. The zero-order valence-electron chi connectivity index (χ0n) is 19.7. The van der Waals surface area contributed by atoms with E-state index in [1.165, 1.54) is 0 Å². The van der Waals surface area contributed by atoms with Crippen molar-refractivity contribution in [2.45, 2.75) is 44.3 Å². The van der Waals surface area contributed by atoms with Crippen molar-refractivity contribution >= 4 is 28.4 Å². The zero-order chi connectivity index (χ0) is 24.2. The van der Waals surface area contributed by atoms with Crippen LogP contribution in [0.1, 0.15) is 26.1 Å². The second-order valence-corrected chi connectivity index (χ2v) is 8.79. The Hall–Kier alpha value is -3.57. The molecule has 0 unspecified atom stereocenters. The fourth-order valence-electron chi connectivity index (χ4n) is 4.10. The third kappa shape index (κ3) is 4.44. The summed E-state index contributed by atoms with van der Waals surface area (Å²) in [5.74, 6) is 2.61. The van der Waals surface area contributed by atoms with E-state index in [2.05, 4.69) is 29.9 Å². The predicted octanol–water partition coefficient (Wildman–Crippen LogP) is 3.44. The maximum atomic E-state index is 12.9. The molecule has 5 rings (SSSR count). The number of benzene rings is 1. The van der Waals surface area contributed by atoms with Gasteiger partial charge in [0.25, 0.3) is 5.56 Å². The Balaban J connectivity index is 1.50. The van der Waals surface area contributed by atoms with Crippen LogP contribution in [0.4, 0.5) is 0 Å². The van der Waals surface area contributed by atoms with Crippen molar-refractivity contribution in [2.75, 3.05) is 13.2 Å². The highest BCUT2D eigenvalue weighted by atomic mass is 32.2. The maximum Gasteiger partial charge on any atom is 0.262 e. The van der Waals surface area contributed by atoms with Gasteiger partial charge in [0.1, 0.15) is 5.82 Å². The molecule has 0 spiro atoms. The maximum absolute atomic E-state index is 12.9. The number of aromatic nitrogens is 8. The number of para-hydroxylation sites is 1. The Labute approximate surface area is 206 Å².